The summed E-state index contributed by atoms with van der Waals surface area (Å²) in [5.41, 5.74) is 1.59. The van der Waals surface area contributed by atoms with E-state index < -0.39 is 0 Å². The molecule has 0 aliphatic rings. The van der Waals surface area contributed by atoms with E-state index in [1.807, 2.05) is 32.0 Å². The predicted molar refractivity (Wildman–Crippen MR) is 71.4 cm³/mol. The minimum Gasteiger partial charge on any atom is -0.396 e. The second kappa shape index (κ2) is 5.46. The molecule has 0 aliphatic heterocycles. The zero-order valence-electron chi connectivity index (χ0n) is 9.55. The molecule has 0 saturated heterocycles. The lowest BCUT2D eigenvalue weighted by atomic mass is 9.95. The summed E-state index contributed by atoms with van der Waals surface area (Å²) in [5.74, 6) is 0. The third-order valence-electron chi connectivity index (χ3n) is 2.36. The summed E-state index contributed by atoms with van der Waals surface area (Å²) in [5, 5.41) is 19.7. The first-order valence-corrected chi connectivity index (χ1v) is 5.92. The highest BCUT2D eigenvalue weighted by Crippen LogP contribution is 2.22. The molecule has 0 saturated carbocycles. The number of aliphatic hydroxyl groups excluding tert-OH is 1. The molecule has 1 aromatic rings. The van der Waals surface area contributed by atoms with Gasteiger partial charge in [-0.25, -0.2) is 0 Å². The van der Waals surface area contributed by atoms with E-state index in [0.717, 1.165) is 15.7 Å². The summed E-state index contributed by atoms with van der Waals surface area (Å²) in [6.45, 7) is 4.78. The largest absolute Gasteiger partial charge is 0.396 e. The highest BCUT2D eigenvalue weighted by molar-refractivity contribution is 9.10. The minimum atomic E-state index is -0.165. The lowest BCUT2D eigenvalue weighted by molar-refractivity contribution is 0.171. The van der Waals surface area contributed by atoms with Crippen molar-refractivity contribution in [1.82, 2.24) is 0 Å². The van der Waals surface area contributed by atoms with Crippen molar-refractivity contribution in [3.05, 3.63) is 28.2 Å². The lowest BCUT2D eigenvalue weighted by Crippen LogP contribution is -2.27. The van der Waals surface area contributed by atoms with Gasteiger partial charge in [0.1, 0.15) is 0 Å². The van der Waals surface area contributed by atoms with Crippen LogP contribution >= 0.6 is 15.9 Å². The summed E-state index contributed by atoms with van der Waals surface area (Å²) in [6, 6.07) is 5.72. The number of anilines is 1. The molecule has 0 bridgehead atoms. The number of halogens is 1. The number of hydrogen-bond acceptors (Lipinski definition) is 3. The fourth-order valence-corrected chi connectivity index (χ4v) is 1.56. The van der Waals surface area contributed by atoms with Crippen LogP contribution < -0.4 is 5.32 Å². The number of benzene rings is 1. The van der Waals surface area contributed by atoms with Gasteiger partial charge in [0.25, 0.3) is 0 Å². The number of hydrogen-bond donors (Lipinski definition) is 3. The van der Waals surface area contributed by atoms with Crippen molar-refractivity contribution in [2.75, 3.05) is 18.5 Å². The Labute approximate surface area is 105 Å². The third kappa shape index (κ3) is 3.61. The second-order valence-electron chi connectivity index (χ2n) is 4.55. The molecule has 0 heterocycles. The topological polar surface area (TPSA) is 56.1 Å². The molecular formula is C12H17BrN2O. The zero-order valence-corrected chi connectivity index (χ0v) is 11.1. The van der Waals surface area contributed by atoms with Gasteiger partial charge in [-0.1, -0.05) is 35.8 Å². The van der Waals surface area contributed by atoms with Crippen LogP contribution in [0.15, 0.2) is 22.7 Å². The molecule has 3 nitrogen and oxygen atoms in total. The van der Waals surface area contributed by atoms with E-state index in [9.17, 15) is 0 Å². The van der Waals surface area contributed by atoms with Crippen molar-refractivity contribution < 1.29 is 5.11 Å². The van der Waals surface area contributed by atoms with Crippen LogP contribution in [0.2, 0.25) is 0 Å². The third-order valence-corrected chi connectivity index (χ3v) is 2.85. The zero-order chi connectivity index (χ0) is 12.2. The number of aliphatic hydroxyl groups is 1. The Balaban J connectivity index is 2.80. The van der Waals surface area contributed by atoms with Crippen LogP contribution in [-0.4, -0.2) is 24.5 Å². The van der Waals surface area contributed by atoms with Crippen LogP contribution in [0.3, 0.4) is 0 Å². The van der Waals surface area contributed by atoms with Gasteiger partial charge in [-0.2, -0.15) is 0 Å². The van der Waals surface area contributed by atoms with E-state index >= 15 is 0 Å². The molecule has 0 radical (unpaired) electrons. The minimum absolute atomic E-state index is 0.133. The maximum atomic E-state index is 9.16. The first kappa shape index (κ1) is 13.2. The van der Waals surface area contributed by atoms with Gasteiger partial charge < -0.3 is 15.8 Å². The maximum absolute atomic E-state index is 9.16. The van der Waals surface area contributed by atoms with E-state index in [-0.39, 0.29) is 12.0 Å². The molecule has 16 heavy (non-hydrogen) atoms. The monoisotopic (exact) mass is 284 g/mol. The number of nitrogens with one attached hydrogen (secondary N) is 2. The van der Waals surface area contributed by atoms with Gasteiger partial charge in [0.2, 0.25) is 0 Å². The van der Waals surface area contributed by atoms with Crippen LogP contribution in [-0.2, 0) is 0 Å². The molecule has 0 unspecified atom stereocenters. The fraction of sp³-hybridized carbons (Fsp3) is 0.417. The van der Waals surface area contributed by atoms with Gasteiger partial charge in [0, 0.05) is 40.5 Å². The summed E-state index contributed by atoms with van der Waals surface area (Å²) in [4.78, 5) is 0. The molecule has 88 valence electrons. The van der Waals surface area contributed by atoms with Gasteiger partial charge in [0.15, 0.2) is 0 Å². The van der Waals surface area contributed by atoms with Gasteiger partial charge in [-0.05, 0) is 12.1 Å². The van der Waals surface area contributed by atoms with Crippen molar-refractivity contribution in [2.24, 2.45) is 5.41 Å². The van der Waals surface area contributed by atoms with Crippen molar-refractivity contribution >= 4 is 27.8 Å². The molecule has 3 N–H and O–H groups in total. The Bertz CT molecular complexity index is 377. The average Bonchev–Trinajstić information content (AvgIpc) is 2.27. The fourth-order valence-electron chi connectivity index (χ4n) is 1.20. The quantitative estimate of drug-likeness (QED) is 0.729. The van der Waals surface area contributed by atoms with Crippen LogP contribution in [0.4, 0.5) is 5.69 Å². The van der Waals surface area contributed by atoms with Crippen molar-refractivity contribution in [3.8, 4) is 0 Å². The Morgan fingerprint density at radius 1 is 1.50 bits per heavy atom. The van der Waals surface area contributed by atoms with E-state index in [4.69, 9.17) is 10.5 Å². The van der Waals surface area contributed by atoms with Crippen LogP contribution in [0.25, 0.3) is 0 Å². The van der Waals surface area contributed by atoms with Crippen LogP contribution in [0.1, 0.15) is 19.4 Å². The lowest BCUT2D eigenvalue weighted by Gasteiger charge is -2.23. The molecule has 4 heteroatoms. The molecule has 0 amide bonds. The van der Waals surface area contributed by atoms with E-state index in [2.05, 4.69) is 21.2 Å². The normalized spacial score (nSPS) is 11.2. The molecule has 0 aromatic heterocycles. The van der Waals surface area contributed by atoms with Crippen molar-refractivity contribution in [3.63, 3.8) is 0 Å². The first-order valence-electron chi connectivity index (χ1n) is 5.13. The van der Waals surface area contributed by atoms with Gasteiger partial charge in [-0.15, -0.1) is 0 Å². The van der Waals surface area contributed by atoms with Crippen LogP contribution in [0.5, 0.6) is 0 Å². The first-order chi connectivity index (χ1) is 7.48. The Kier molecular flexibility index (Phi) is 4.50. The second-order valence-corrected chi connectivity index (χ2v) is 5.47. The molecule has 0 spiro atoms. The summed E-state index contributed by atoms with van der Waals surface area (Å²) in [6.07, 6.45) is 1.32. The van der Waals surface area contributed by atoms with Crippen molar-refractivity contribution in [2.45, 2.75) is 13.8 Å². The van der Waals surface area contributed by atoms with Gasteiger partial charge in [-0.3, -0.25) is 0 Å². The maximum Gasteiger partial charge on any atom is 0.0498 e. The highest BCUT2D eigenvalue weighted by Gasteiger charge is 2.16. The summed E-state index contributed by atoms with van der Waals surface area (Å²) in [7, 11) is 0. The van der Waals surface area contributed by atoms with E-state index in [1.54, 1.807) is 0 Å². The molecule has 0 fully saturated rings. The molecule has 0 atom stereocenters. The highest BCUT2D eigenvalue weighted by atomic mass is 79.9. The standard InChI is InChI=1S/C12H17BrN2O/c1-12(2,8-16)7-15-11-5-10(13)4-3-9(11)6-14/h3-6,14-16H,7-8H2,1-2H3. The SMILES string of the molecule is CC(C)(CO)CNc1cc(Br)ccc1C=N. The Morgan fingerprint density at radius 2 is 2.19 bits per heavy atom. The van der Waals surface area contributed by atoms with Crippen molar-refractivity contribution in [1.29, 1.82) is 5.41 Å². The predicted octanol–water partition coefficient (Wildman–Crippen LogP) is 2.88. The molecule has 1 rings (SSSR count). The van der Waals surface area contributed by atoms with Crippen LogP contribution in [0, 0.1) is 10.8 Å². The number of rotatable bonds is 5. The van der Waals surface area contributed by atoms with E-state index in [1.165, 1.54) is 6.21 Å². The molecule has 0 aliphatic carbocycles. The smallest absolute Gasteiger partial charge is 0.0498 e. The van der Waals surface area contributed by atoms with Gasteiger partial charge >= 0.3 is 0 Å². The average molecular weight is 285 g/mol. The summed E-state index contributed by atoms with van der Waals surface area (Å²) < 4.78 is 0.974. The summed E-state index contributed by atoms with van der Waals surface area (Å²) >= 11 is 3.40. The Hall–Kier alpha value is -0.870. The molecular weight excluding hydrogens is 268 g/mol. The molecule has 1 aromatic carbocycles. The van der Waals surface area contributed by atoms with Gasteiger partial charge in [0.05, 0.1) is 0 Å². The Morgan fingerprint density at radius 3 is 2.75 bits per heavy atom. The van der Waals surface area contributed by atoms with E-state index in [0.29, 0.717) is 6.54 Å².